The number of benzene rings is 2. The molecule has 47 heavy (non-hydrogen) atoms. The van der Waals surface area contributed by atoms with E-state index in [0.717, 1.165) is 30.2 Å². The van der Waals surface area contributed by atoms with Gasteiger partial charge in [0.15, 0.2) is 0 Å². The zero-order valence-corrected chi connectivity index (χ0v) is 28.7. The number of nitrogens with one attached hydrogen (secondary N) is 2. The number of ether oxygens (including phenoxy) is 2. The molecule has 5 rings (SSSR count). The highest BCUT2D eigenvalue weighted by atomic mass is 35.5. The minimum absolute atomic E-state index is 0.0908. The molecular weight excluding hydrogens is 642 g/mol. The second kappa shape index (κ2) is 14.3. The first-order valence-electron chi connectivity index (χ1n) is 15.7. The summed E-state index contributed by atoms with van der Waals surface area (Å²) in [6.07, 6.45) is 7.54. The molecule has 2 aliphatic heterocycles. The first-order chi connectivity index (χ1) is 22.2. The first kappa shape index (κ1) is 34.8. The van der Waals surface area contributed by atoms with Crippen LogP contribution in [0.15, 0.2) is 84.2 Å². The van der Waals surface area contributed by atoms with E-state index in [4.69, 9.17) is 25.9 Å². The molecule has 4 atom stereocenters. The Morgan fingerprint density at radius 2 is 1.85 bits per heavy atom. The van der Waals surface area contributed by atoms with E-state index in [1.807, 2.05) is 26.8 Å². The molecule has 2 aromatic carbocycles. The molecule has 1 aliphatic carbocycles. The van der Waals surface area contributed by atoms with Crippen molar-refractivity contribution in [1.29, 1.82) is 0 Å². The van der Waals surface area contributed by atoms with Gasteiger partial charge in [-0.05, 0) is 60.7 Å². The number of amides is 2. The average molecular weight is 684 g/mol. The van der Waals surface area contributed by atoms with Gasteiger partial charge in [0.1, 0.15) is 5.76 Å². The van der Waals surface area contributed by atoms with Crippen molar-refractivity contribution >= 4 is 33.4 Å². The normalized spacial score (nSPS) is 25.7. The number of rotatable bonds is 9. The quantitative estimate of drug-likeness (QED) is 0.325. The summed E-state index contributed by atoms with van der Waals surface area (Å²) in [6.45, 7) is 9.97. The van der Waals surface area contributed by atoms with Gasteiger partial charge in [0, 0.05) is 42.1 Å². The predicted octanol–water partition coefficient (Wildman–Crippen LogP) is 5.70. The maximum atomic E-state index is 14.3. The van der Waals surface area contributed by atoms with Crippen LogP contribution in [0.5, 0.6) is 0 Å². The molecule has 1 saturated carbocycles. The number of carbonyl (C=O) groups is 2. The summed E-state index contributed by atoms with van der Waals surface area (Å²) in [5, 5.41) is 0.511. The fourth-order valence-electron chi connectivity index (χ4n) is 6.47. The Morgan fingerprint density at radius 1 is 1.15 bits per heavy atom. The Kier molecular flexibility index (Phi) is 10.6. The summed E-state index contributed by atoms with van der Waals surface area (Å²) in [5.74, 6) is -1.70. The van der Waals surface area contributed by atoms with Crippen LogP contribution >= 0.6 is 11.6 Å². The van der Waals surface area contributed by atoms with Crippen LogP contribution in [-0.4, -0.2) is 62.5 Å². The minimum atomic E-state index is -3.57. The fourth-order valence-corrected chi connectivity index (χ4v) is 7.42. The number of hydrogen-bond acceptors (Lipinski definition) is 7. The Bertz CT molecular complexity index is 1690. The number of hydroxylamine groups is 1. The maximum Gasteiger partial charge on any atom is 0.255 e. The molecule has 2 N–H and O–H groups in total. The SMILES string of the molecule is C=C1COC(C)(C)O/C1=C/C=C(\C)CONC(=O)[C@@H]1c2ccccc2C(=O)N([C@H]2CCCC[C@@H]2NS(C)(=O)=O)[C@H]1c1ccc(Cl)cc1. The molecule has 0 bridgehead atoms. The van der Waals surface area contributed by atoms with E-state index in [1.54, 1.807) is 59.5 Å². The van der Waals surface area contributed by atoms with E-state index in [-0.39, 0.29) is 12.5 Å². The lowest BCUT2D eigenvalue weighted by Gasteiger charge is -2.49. The zero-order valence-electron chi connectivity index (χ0n) is 27.1. The molecule has 0 unspecified atom stereocenters. The molecule has 0 aromatic heterocycles. The van der Waals surface area contributed by atoms with Crippen LogP contribution in [0, 0.1) is 0 Å². The van der Waals surface area contributed by atoms with Gasteiger partial charge in [-0.1, -0.05) is 67.4 Å². The lowest BCUT2D eigenvalue weighted by molar-refractivity contribution is -0.201. The standard InChI is InChI=1S/C35H42ClN3O7S/c1-22(14-19-30-23(2)21-44-35(3,4)46-30)20-45-37-33(40)31-26-10-6-7-11-27(26)34(41)39(32(31)24-15-17-25(36)18-16-24)29-13-9-8-12-28(29)38-47(5,42)43/h6-7,10-11,14-19,28-29,31-32,38H,2,8-9,12-13,20-21H2,1,3-5H3,(H,37,40)/b22-14+,30-19+/t28-,29-,31+,32-/m0/s1. The van der Waals surface area contributed by atoms with Gasteiger partial charge in [-0.15, -0.1) is 0 Å². The van der Waals surface area contributed by atoms with Gasteiger partial charge in [-0.2, -0.15) is 0 Å². The highest BCUT2D eigenvalue weighted by Gasteiger charge is 2.49. The van der Waals surface area contributed by atoms with Crippen LogP contribution in [-0.2, 0) is 29.1 Å². The number of allylic oxidation sites excluding steroid dienone is 2. The minimum Gasteiger partial charge on any atom is -0.463 e. The Labute approximate surface area is 281 Å². The molecule has 2 amide bonds. The summed E-state index contributed by atoms with van der Waals surface area (Å²) in [6, 6.07) is 12.3. The third kappa shape index (κ3) is 8.33. The van der Waals surface area contributed by atoms with Crippen LogP contribution in [0.1, 0.15) is 79.9 Å². The Hall–Kier alpha value is -3.48. The second-order valence-electron chi connectivity index (χ2n) is 12.8. The molecule has 12 heteroatoms. The molecular formula is C35H42ClN3O7S. The van der Waals surface area contributed by atoms with Gasteiger partial charge >= 0.3 is 0 Å². The van der Waals surface area contributed by atoms with Crippen molar-refractivity contribution in [2.24, 2.45) is 0 Å². The van der Waals surface area contributed by atoms with Gasteiger partial charge < -0.3 is 14.4 Å². The first-order valence-corrected chi connectivity index (χ1v) is 18.0. The lowest BCUT2D eigenvalue weighted by atomic mass is 9.76. The zero-order chi connectivity index (χ0) is 33.9. The molecule has 2 fully saturated rings. The molecule has 0 radical (unpaired) electrons. The number of fused-ring (bicyclic) bond motifs is 1. The number of sulfonamides is 1. The summed E-state index contributed by atoms with van der Waals surface area (Å²) < 4.78 is 39.0. The van der Waals surface area contributed by atoms with Crippen molar-refractivity contribution in [2.45, 2.75) is 76.3 Å². The molecule has 1 saturated heterocycles. The fraction of sp³-hybridized carbons (Fsp3) is 0.429. The van der Waals surface area contributed by atoms with E-state index in [9.17, 15) is 18.0 Å². The molecule has 2 heterocycles. The van der Waals surface area contributed by atoms with Crippen LogP contribution in [0.4, 0.5) is 0 Å². The van der Waals surface area contributed by atoms with Crippen molar-refractivity contribution < 1.29 is 32.3 Å². The van der Waals surface area contributed by atoms with Crippen LogP contribution in [0.2, 0.25) is 5.02 Å². The largest absolute Gasteiger partial charge is 0.463 e. The van der Waals surface area contributed by atoms with E-state index < -0.39 is 45.8 Å². The lowest BCUT2D eigenvalue weighted by Crippen LogP contribution is -2.59. The average Bonchev–Trinajstić information content (AvgIpc) is 3.01. The smallest absolute Gasteiger partial charge is 0.255 e. The molecule has 252 valence electrons. The Morgan fingerprint density at radius 3 is 2.57 bits per heavy atom. The van der Waals surface area contributed by atoms with Gasteiger partial charge in [-0.25, -0.2) is 18.6 Å². The third-order valence-electron chi connectivity index (χ3n) is 8.61. The van der Waals surface area contributed by atoms with Gasteiger partial charge in [0.2, 0.25) is 15.8 Å². The molecule has 0 spiro atoms. The molecule has 2 aromatic rings. The van der Waals surface area contributed by atoms with Gasteiger partial charge in [0.05, 0.1) is 31.4 Å². The van der Waals surface area contributed by atoms with Crippen LogP contribution in [0.3, 0.4) is 0 Å². The van der Waals surface area contributed by atoms with E-state index in [0.29, 0.717) is 46.9 Å². The summed E-state index contributed by atoms with van der Waals surface area (Å²) in [7, 11) is -3.57. The van der Waals surface area contributed by atoms with E-state index in [2.05, 4.69) is 16.8 Å². The highest BCUT2D eigenvalue weighted by molar-refractivity contribution is 7.88. The third-order valence-corrected chi connectivity index (χ3v) is 9.60. The topological polar surface area (TPSA) is 123 Å². The molecule has 10 nitrogen and oxygen atoms in total. The highest BCUT2D eigenvalue weighted by Crippen LogP contribution is 2.46. The van der Waals surface area contributed by atoms with Crippen molar-refractivity contribution in [1.82, 2.24) is 15.1 Å². The van der Waals surface area contributed by atoms with E-state index >= 15 is 0 Å². The maximum absolute atomic E-state index is 14.3. The number of carbonyl (C=O) groups excluding carboxylic acids is 2. The summed E-state index contributed by atoms with van der Waals surface area (Å²) in [5.41, 5.74) is 5.82. The van der Waals surface area contributed by atoms with Crippen LogP contribution < -0.4 is 10.2 Å². The van der Waals surface area contributed by atoms with Crippen molar-refractivity contribution in [3.05, 3.63) is 106 Å². The number of nitrogens with zero attached hydrogens (tertiary/aromatic N) is 1. The summed E-state index contributed by atoms with van der Waals surface area (Å²) >= 11 is 6.25. The Balaban J connectivity index is 1.45. The van der Waals surface area contributed by atoms with Crippen LogP contribution in [0.25, 0.3) is 0 Å². The van der Waals surface area contributed by atoms with E-state index in [1.165, 1.54) is 0 Å². The predicted molar refractivity (Wildman–Crippen MR) is 180 cm³/mol. The number of hydrogen-bond donors (Lipinski definition) is 2. The summed E-state index contributed by atoms with van der Waals surface area (Å²) in [4.78, 5) is 35.9. The van der Waals surface area contributed by atoms with Crippen molar-refractivity contribution in [2.75, 3.05) is 19.5 Å². The van der Waals surface area contributed by atoms with Crippen molar-refractivity contribution in [3.63, 3.8) is 0 Å². The molecule has 3 aliphatic rings. The van der Waals surface area contributed by atoms with Crippen molar-refractivity contribution in [3.8, 4) is 0 Å². The number of halogens is 1. The van der Waals surface area contributed by atoms with Gasteiger partial charge in [0.25, 0.3) is 11.8 Å². The monoisotopic (exact) mass is 683 g/mol. The van der Waals surface area contributed by atoms with Gasteiger partial charge in [-0.3, -0.25) is 14.4 Å². The second-order valence-corrected chi connectivity index (χ2v) is 15.0.